The van der Waals surface area contributed by atoms with Crippen molar-refractivity contribution < 1.29 is 9.47 Å². The van der Waals surface area contributed by atoms with Crippen LogP contribution in [0.25, 0.3) is 0 Å². The molecule has 0 aliphatic carbocycles. The van der Waals surface area contributed by atoms with Crippen molar-refractivity contribution in [3.63, 3.8) is 0 Å². The molecule has 0 aromatic heterocycles. The maximum Gasteiger partial charge on any atom is 0.139 e. The van der Waals surface area contributed by atoms with Crippen LogP contribution in [0.4, 0.5) is 0 Å². The summed E-state index contributed by atoms with van der Waals surface area (Å²) in [5.41, 5.74) is 7.14. The molecule has 1 atom stereocenters. The van der Waals surface area contributed by atoms with E-state index in [1.54, 1.807) is 7.11 Å². The Morgan fingerprint density at radius 2 is 2.25 bits per heavy atom. The summed E-state index contributed by atoms with van der Waals surface area (Å²) in [6, 6.07) is 1.87. The average Bonchev–Trinajstić information content (AvgIpc) is 2.46. The van der Waals surface area contributed by atoms with Crippen molar-refractivity contribution in [3.05, 3.63) is 20.6 Å². The predicted octanol–water partition coefficient (Wildman–Crippen LogP) is 3.39. The molecular formula is C11H13Br2NO2. The summed E-state index contributed by atoms with van der Waals surface area (Å²) in [5.74, 6) is 1.60. The van der Waals surface area contributed by atoms with E-state index in [0.29, 0.717) is 6.61 Å². The molecule has 0 radical (unpaired) electrons. The van der Waals surface area contributed by atoms with E-state index in [0.717, 1.165) is 38.8 Å². The topological polar surface area (TPSA) is 44.5 Å². The second-order valence-corrected chi connectivity index (χ2v) is 5.36. The Balaban J connectivity index is 2.62. The number of halogens is 2. The fraction of sp³-hybridized carbons (Fsp3) is 0.455. The van der Waals surface area contributed by atoms with Gasteiger partial charge in [0.1, 0.15) is 11.5 Å². The fourth-order valence-electron chi connectivity index (χ4n) is 1.85. The number of hydrogen-bond acceptors (Lipinski definition) is 3. The van der Waals surface area contributed by atoms with E-state index in [4.69, 9.17) is 15.2 Å². The number of ether oxygens (including phenoxy) is 2. The van der Waals surface area contributed by atoms with Crippen molar-refractivity contribution in [1.82, 2.24) is 0 Å². The predicted molar refractivity (Wildman–Crippen MR) is 70.1 cm³/mol. The molecule has 0 saturated heterocycles. The van der Waals surface area contributed by atoms with E-state index in [2.05, 4.69) is 31.9 Å². The van der Waals surface area contributed by atoms with Crippen molar-refractivity contribution in [3.8, 4) is 11.5 Å². The van der Waals surface area contributed by atoms with Crippen LogP contribution in [0.3, 0.4) is 0 Å². The standard InChI is InChI=1S/C11H13Br2NO2/c1-15-8-5-6(12)11-9(10(8)13)7(14)3-2-4-16-11/h5,7H,2-4,14H2,1H3/t7-/m1/s1. The number of rotatable bonds is 1. The first-order valence-electron chi connectivity index (χ1n) is 5.09. The summed E-state index contributed by atoms with van der Waals surface area (Å²) in [5, 5.41) is 0. The minimum absolute atomic E-state index is 0.0155. The van der Waals surface area contributed by atoms with Crippen LogP contribution in [0.15, 0.2) is 15.0 Å². The summed E-state index contributed by atoms with van der Waals surface area (Å²) in [7, 11) is 1.64. The highest BCUT2D eigenvalue weighted by molar-refractivity contribution is 9.11. The first kappa shape index (κ1) is 12.2. The third-order valence-corrected chi connectivity index (χ3v) is 4.08. The molecule has 5 heteroatoms. The second kappa shape index (κ2) is 4.94. The normalized spacial score (nSPS) is 19.6. The Kier molecular flexibility index (Phi) is 3.77. The van der Waals surface area contributed by atoms with Gasteiger partial charge in [0.05, 0.1) is 22.7 Å². The van der Waals surface area contributed by atoms with Crippen molar-refractivity contribution in [2.24, 2.45) is 5.73 Å². The van der Waals surface area contributed by atoms with Gasteiger partial charge in [-0.3, -0.25) is 0 Å². The number of benzene rings is 1. The molecule has 0 saturated carbocycles. The Morgan fingerprint density at radius 1 is 1.50 bits per heavy atom. The molecule has 2 rings (SSSR count). The zero-order valence-corrected chi connectivity index (χ0v) is 12.1. The molecule has 2 N–H and O–H groups in total. The zero-order chi connectivity index (χ0) is 11.7. The van der Waals surface area contributed by atoms with Crippen molar-refractivity contribution >= 4 is 31.9 Å². The fourth-order valence-corrected chi connectivity index (χ4v) is 3.14. The highest BCUT2D eigenvalue weighted by Crippen LogP contribution is 2.45. The van der Waals surface area contributed by atoms with Crippen LogP contribution in [0.5, 0.6) is 11.5 Å². The highest BCUT2D eigenvalue weighted by atomic mass is 79.9. The Morgan fingerprint density at radius 3 is 2.94 bits per heavy atom. The summed E-state index contributed by atoms with van der Waals surface area (Å²) in [6.07, 6.45) is 1.89. The van der Waals surface area contributed by atoms with E-state index >= 15 is 0 Å². The SMILES string of the molecule is COc1cc(Br)c2c(c1Br)[C@H](N)CCCO2. The highest BCUT2D eigenvalue weighted by Gasteiger charge is 2.24. The summed E-state index contributed by atoms with van der Waals surface area (Å²) in [4.78, 5) is 0. The summed E-state index contributed by atoms with van der Waals surface area (Å²) < 4.78 is 12.8. The molecule has 3 nitrogen and oxygen atoms in total. The van der Waals surface area contributed by atoms with Crippen molar-refractivity contribution in [2.45, 2.75) is 18.9 Å². The number of methoxy groups -OCH3 is 1. The van der Waals surface area contributed by atoms with E-state index in [1.807, 2.05) is 6.07 Å². The minimum Gasteiger partial charge on any atom is -0.496 e. The molecule has 0 fully saturated rings. The smallest absolute Gasteiger partial charge is 0.139 e. The van der Waals surface area contributed by atoms with E-state index in [1.165, 1.54) is 0 Å². The van der Waals surface area contributed by atoms with E-state index in [-0.39, 0.29) is 6.04 Å². The lowest BCUT2D eigenvalue weighted by molar-refractivity contribution is 0.313. The van der Waals surface area contributed by atoms with Crippen LogP contribution >= 0.6 is 31.9 Å². The van der Waals surface area contributed by atoms with Crippen LogP contribution in [-0.2, 0) is 0 Å². The minimum atomic E-state index is -0.0155. The van der Waals surface area contributed by atoms with Gasteiger partial charge >= 0.3 is 0 Å². The van der Waals surface area contributed by atoms with Gasteiger partial charge in [-0.05, 0) is 50.8 Å². The number of nitrogens with two attached hydrogens (primary N) is 1. The molecule has 88 valence electrons. The second-order valence-electron chi connectivity index (χ2n) is 3.71. The van der Waals surface area contributed by atoms with Gasteiger partial charge < -0.3 is 15.2 Å². The van der Waals surface area contributed by atoms with Crippen molar-refractivity contribution in [2.75, 3.05) is 13.7 Å². The summed E-state index contributed by atoms with van der Waals surface area (Å²) in [6.45, 7) is 0.706. The molecule has 1 heterocycles. The van der Waals surface area contributed by atoms with Crippen molar-refractivity contribution in [1.29, 1.82) is 0 Å². The van der Waals surface area contributed by atoms with E-state index < -0.39 is 0 Å². The van der Waals surface area contributed by atoms with Crippen LogP contribution in [0.2, 0.25) is 0 Å². The van der Waals surface area contributed by atoms with Gasteiger partial charge in [0, 0.05) is 11.6 Å². The first-order valence-corrected chi connectivity index (χ1v) is 6.68. The van der Waals surface area contributed by atoms with Crippen LogP contribution in [0, 0.1) is 0 Å². The first-order chi connectivity index (χ1) is 7.65. The van der Waals surface area contributed by atoms with Crippen LogP contribution in [-0.4, -0.2) is 13.7 Å². The molecule has 16 heavy (non-hydrogen) atoms. The Labute approximate surface area is 112 Å². The number of fused-ring (bicyclic) bond motifs is 1. The molecule has 0 spiro atoms. The Bertz CT molecular complexity index is 409. The maximum absolute atomic E-state index is 6.15. The van der Waals surface area contributed by atoms with Gasteiger partial charge in [0.15, 0.2) is 0 Å². The quantitative estimate of drug-likeness (QED) is 0.844. The van der Waals surface area contributed by atoms with Gasteiger partial charge in [-0.25, -0.2) is 0 Å². The molecule has 1 aliphatic rings. The van der Waals surface area contributed by atoms with Crippen LogP contribution in [0.1, 0.15) is 24.4 Å². The maximum atomic E-state index is 6.15. The van der Waals surface area contributed by atoms with Crippen LogP contribution < -0.4 is 15.2 Å². The molecular weight excluding hydrogens is 338 g/mol. The monoisotopic (exact) mass is 349 g/mol. The lowest BCUT2D eigenvalue weighted by Crippen LogP contribution is -2.10. The average molecular weight is 351 g/mol. The van der Waals surface area contributed by atoms with Gasteiger partial charge in [-0.1, -0.05) is 0 Å². The molecule has 1 aromatic rings. The van der Waals surface area contributed by atoms with Gasteiger partial charge in [-0.15, -0.1) is 0 Å². The molecule has 1 aliphatic heterocycles. The van der Waals surface area contributed by atoms with E-state index in [9.17, 15) is 0 Å². The van der Waals surface area contributed by atoms with Gasteiger partial charge in [-0.2, -0.15) is 0 Å². The molecule has 1 aromatic carbocycles. The largest absolute Gasteiger partial charge is 0.496 e. The van der Waals surface area contributed by atoms with Gasteiger partial charge in [0.25, 0.3) is 0 Å². The molecule has 0 bridgehead atoms. The third kappa shape index (κ3) is 2.08. The lowest BCUT2D eigenvalue weighted by atomic mass is 10.0. The third-order valence-electron chi connectivity index (χ3n) is 2.67. The zero-order valence-electron chi connectivity index (χ0n) is 8.93. The Hall–Kier alpha value is -0.260. The lowest BCUT2D eigenvalue weighted by Gasteiger charge is -2.17. The summed E-state index contributed by atoms with van der Waals surface area (Å²) >= 11 is 7.02. The molecule has 0 amide bonds. The number of hydrogen-bond donors (Lipinski definition) is 1. The molecule has 0 unspecified atom stereocenters. The van der Waals surface area contributed by atoms with Gasteiger partial charge in [0.2, 0.25) is 0 Å².